The molecule has 0 saturated heterocycles. The van der Waals surface area contributed by atoms with Crippen LogP contribution in [0, 0.1) is 6.92 Å². The lowest BCUT2D eigenvalue weighted by Gasteiger charge is -2.08. The fourth-order valence-corrected chi connectivity index (χ4v) is 1.84. The van der Waals surface area contributed by atoms with Crippen molar-refractivity contribution in [3.63, 3.8) is 0 Å². The van der Waals surface area contributed by atoms with Crippen LogP contribution >= 0.6 is 12.2 Å². The molecule has 0 radical (unpaired) electrons. The number of benzene rings is 2. The van der Waals surface area contributed by atoms with E-state index in [0.717, 1.165) is 17.0 Å². The van der Waals surface area contributed by atoms with Gasteiger partial charge in [0.25, 0.3) is 0 Å². The second-order valence-corrected chi connectivity index (χ2v) is 4.90. The maximum Gasteiger partial charge on any atom is 0.191 e. The topological polar surface area (TPSA) is 36.4 Å². The Morgan fingerprint density at radius 3 is 2.30 bits per heavy atom. The lowest BCUT2D eigenvalue weighted by molar-refractivity contribution is 1.04. The minimum Gasteiger partial charge on any atom is -0.331 e. The van der Waals surface area contributed by atoms with Crippen molar-refractivity contribution in [3.8, 4) is 0 Å². The quantitative estimate of drug-likeness (QED) is 0.512. The number of anilines is 1. The number of aryl methyl sites for hydroxylation is 1. The van der Waals surface area contributed by atoms with Gasteiger partial charge < -0.3 is 5.32 Å². The van der Waals surface area contributed by atoms with Gasteiger partial charge in [-0.15, -0.1) is 0 Å². The summed E-state index contributed by atoms with van der Waals surface area (Å²) in [5.41, 5.74) is 6.97. The third-order valence-corrected chi connectivity index (χ3v) is 3.02. The molecule has 0 saturated carbocycles. The van der Waals surface area contributed by atoms with Crippen molar-refractivity contribution >= 4 is 28.7 Å². The molecule has 0 heterocycles. The lowest BCUT2D eigenvalue weighted by Crippen LogP contribution is -2.24. The van der Waals surface area contributed by atoms with Crippen LogP contribution in [-0.2, 0) is 0 Å². The minimum absolute atomic E-state index is 0.476. The summed E-state index contributed by atoms with van der Waals surface area (Å²) in [7, 11) is 0. The van der Waals surface area contributed by atoms with E-state index in [1.165, 1.54) is 5.56 Å². The van der Waals surface area contributed by atoms with E-state index in [1.807, 2.05) is 68.4 Å². The van der Waals surface area contributed by atoms with Gasteiger partial charge in [-0.1, -0.05) is 48.0 Å². The molecule has 0 atom stereocenters. The summed E-state index contributed by atoms with van der Waals surface area (Å²) in [6.07, 6.45) is 0. The van der Waals surface area contributed by atoms with Crippen LogP contribution in [0.5, 0.6) is 0 Å². The highest BCUT2D eigenvalue weighted by atomic mass is 32.1. The molecule has 2 aromatic carbocycles. The van der Waals surface area contributed by atoms with Crippen molar-refractivity contribution in [2.75, 3.05) is 5.32 Å². The molecule has 0 amide bonds. The van der Waals surface area contributed by atoms with Gasteiger partial charge in [0.05, 0.1) is 5.71 Å². The zero-order valence-electron chi connectivity index (χ0n) is 11.6. The first-order valence-electron chi connectivity index (χ1n) is 6.38. The van der Waals surface area contributed by atoms with Crippen molar-refractivity contribution in [3.05, 3.63) is 65.7 Å². The summed E-state index contributed by atoms with van der Waals surface area (Å²) in [4.78, 5) is 0. The van der Waals surface area contributed by atoms with E-state index in [1.54, 1.807) is 0 Å². The van der Waals surface area contributed by atoms with Gasteiger partial charge in [-0.05, 0) is 43.8 Å². The number of hydrazone groups is 1. The van der Waals surface area contributed by atoms with E-state index >= 15 is 0 Å². The van der Waals surface area contributed by atoms with E-state index in [0.29, 0.717) is 5.11 Å². The number of thiocarbonyl (C=S) groups is 1. The molecular formula is C16H17N3S. The molecule has 0 spiro atoms. The van der Waals surface area contributed by atoms with Crippen LogP contribution in [0.3, 0.4) is 0 Å². The van der Waals surface area contributed by atoms with E-state index in [-0.39, 0.29) is 0 Å². The highest BCUT2D eigenvalue weighted by Crippen LogP contribution is 2.08. The van der Waals surface area contributed by atoms with Gasteiger partial charge in [-0.3, -0.25) is 5.43 Å². The fourth-order valence-electron chi connectivity index (χ4n) is 1.67. The Morgan fingerprint density at radius 2 is 1.65 bits per heavy atom. The Hall–Kier alpha value is -2.20. The zero-order chi connectivity index (χ0) is 14.4. The Kier molecular flexibility index (Phi) is 4.85. The van der Waals surface area contributed by atoms with E-state index in [4.69, 9.17) is 12.2 Å². The summed E-state index contributed by atoms with van der Waals surface area (Å²) < 4.78 is 0. The second kappa shape index (κ2) is 6.82. The summed E-state index contributed by atoms with van der Waals surface area (Å²) in [5, 5.41) is 7.84. The van der Waals surface area contributed by atoms with Crippen molar-refractivity contribution in [1.29, 1.82) is 0 Å². The maximum absolute atomic E-state index is 5.21. The normalized spacial score (nSPS) is 11.0. The Labute approximate surface area is 124 Å². The van der Waals surface area contributed by atoms with Crippen LogP contribution in [0.1, 0.15) is 18.1 Å². The predicted molar refractivity (Wildman–Crippen MR) is 89.2 cm³/mol. The standard InChI is InChI=1S/C16H17N3S/c1-12-8-10-15(11-9-12)17-16(20)19-18-13(2)14-6-4-3-5-7-14/h3-11H,1-2H3,(H2,17,19,20). The van der Waals surface area contributed by atoms with Gasteiger partial charge in [-0.25, -0.2) is 0 Å². The first-order chi connectivity index (χ1) is 9.65. The average molecular weight is 283 g/mol. The number of hydrogen-bond donors (Lipinski definition) is 2. The van der Waals surface area contributed by atoms with E-state index in [2.05, 4.69) is 15.8 Å². The monoisotopic (exact) mass is 283 g/mol. The Bertz CT molecular complexity index is 603. The summed E-state index contributed by atoms with van der Waals surface area (Å²) in [6, 6.07) is 18.0. The average Bonchev–Trinajstić information content (AvgIpc) is 2.48. The molecule has 2 aromatic rings. The summed E-state index contributed by atoms with van der Waals surface area (Å²) >= 11 is 5.21. The van der Waals surface area contributed by atoms with Crippen molar-refractivity contribution in [1.82, 2.24) is 5.43 Å². The van der Waals surface area contributed by atoms with Crippen LogP contribution in [0.4, 0.5) is 5.69 Å². The molecule has 0 aliphatic heterocycles. The summed E-state index contributed by atoms with van der Waals surface area (Å²) in [6.45, 7) is 3.99. The van der Waals surface area contributed by atoms with Gasteiger partial charge in [0.1, 0.15) is 0 Å². The van der Waals surface area contributed by atoms with Crippen LogP contribution < -0.4 is 10.7 Å². The number of rotatable bonds is 3. The molecule has 0 bridgehead atoms. The van der Waals surface area contributed by atoms with Crippen LogP contribution in [0.25, 0.3) is 0 Å². The minimum atomic E-state index is 0.476. The smallest absolute Gasteiger partial charge is 0.191 e. The zero-order valence-corrected chi connectivity index (χ0v) is 12.4. The number of nitrogens with zero attached hydrogens (tertiary/aromatic N) is 1. The molecule has 20 heavy (non-hydrogen) atoms. The molecule has 4 heteroatoms. The third kappa shape index (κ3) is 4.17. The number of hydrogen-bond acceptors (Lipinski definition) is 2. The van der Waals surface area contributed by atoms with Crippen molar-refractivity contribution < 1.29 is 0 Å². The van der Waals surface area contributed by atoms with Crippen LogP contribution in [0.2, 0.25) is 0 Å². The molecule has 0 unspecified atom stereocenters. The van der Waals surface area contributed by atoms with Gasteiger partial charge in [0.15, 0.2) is 5.11 Å². The first-order valence-corrected chi connectivity index (χ1v) is 6.79. The highest BCUT2D eigenvalue weighted by Gasteiger charge is 1.98. The van der Waals surface area contributed by atoms with E-state index < -0.39 is 0 Å². The second-order valence-electron chi connectivity index (χ2n) is 4.50. The molecule has 0 fully saturated rings. The van der Waals surface area contributed by atoms with Crippen molar-refractivity contribution in [2.24, 2.45) is 5.10 Å². The van der Waals surface area contributed by atoms with Crippen LogP contribution in [0.15, 0.2) is 59.7 Å². The van der Waals surface area contributed by atoms with Gasteiger partial charge in [-0.2, -0.15) is 5.10 Å². The first kappa shape index (κ1) is 14.2. The van der Waals surface area contributed by atoms with Gasteiger partial charge in [0.2, 0.25) is 0 Å². The predicted octanol–water partition coefficient (Wildman–Crippen LogP) is 3.71. The molecule has 3 nitrogen and oxygen atoms in total. The summed E-state index contributed by atoms with van der Waals surface area (Å²) in [5.74, 6) is 0. The van der Waals surface area contributed by atoms with Gasteiger partial charge >= 0.3 is 0 Å². The van der Waals surface area contributed by atoms with Gasteiger partial charge in [0, 0.05) is 5.69 Å². The lowest BCUT2D eigenvalue weighted by atomic mass is 10.1. The molecule has 102 valence electrons. The third-order valence-electron chi connectivity index (χ3n) is 2.83. The molecule has 0 aromatic heterocycles. The molecule has 0 aliphatic carbocycles. The molecule has 2 rings (SSSR count). The molecular weight excluding hydrogens is 266 g/mol. The van der Waals surface area contributed by atoms with E-state index in [9.17, 15) is 0 Å². The number of nitrogens with one attached hydrogen (secondary N) is 2. The molecule has 2 N–H and O–H groups in total. The highest BCUT2D eigenvalue weighted by molar-refractivity contribution is 7.80. The Morgan fingerprint density at radius 1 is 1.00 bits per heavy atom. The molecule has 0 aliphatic rings. The maximum atomic E-state index is 5.21. The van der Waals surface area contributed by atoms with Crippen molar-refractivity contribution in [2.45, 2.75) is 13.8 Å². The SMILES string of the molecule is CC(=NNC(=S)Nc1ccc(C)cc1)c1ccccc1. The fraction of sp³-hybridized carbons (Fsp3) is 0.125. The largest absolute Gasteiger partial charge is 0.331 e. The Balaban J connectivity index is 1.93. The van der Waals surface area contributed by atoms with Crippen LogP contribution in [-0.4, -0.2) is 10.8 Å².